The van der Waals surface area contributed by atoms with Crippen LogP contribution < -0.4 is 0 Å². The molecule has 0 aliphatic rings. The molecule has 0 amide bonds. The van der Waals surface area contributed by atoms with Gasteiger partial charge in [-0.15, -0.1) is 5.10 Å². The third-order valence-electron chi connectivity index (χ3n) is 2.20. The van der Waals surface area contributed by atoms with Crippen molar-refractivity contribution in [1.29, 1.82) is 0 Å². The van der Waals surface area contributed by atoms with Gasteiger partial charge in [0, 0.05) is 12.7 Å². The van der Waals surface area contributed by atoms with E-state index < -0.39 is 0 Å². The fourth-order valence-electron chi connectivity index (χ4n) is 1.31. The van der Waals surface area contributed by atoms with Gasteiger partial charge in [0.05, 0.1) is 10.5 Å². The lowest BCUT2D eigenvalue weighted by Crippen LogP contribution is -1.98. The van der Waals surface area contributed by atoms with Crippen molar-refractivity contribution in [3.63, 3.8) is 0 Å². The van der Waals surface area contributed by atoms with Gasteiger partial charge in [0.15, 0.2) is 0 Å². The van der Waals surface area contributed by atoms with Gasteiger partial charge in [0.25, 0.3) is 0 Å². The molecule has 0 bridgehead atoms. The Morgan fingerprint density at radius 2 is 2.21 bits per heavy atom. The van der Waals surface area contributed by atoms with E-state index in [9.17, 15) is 0 Å². The summed E-state index contributed by atoms with van der Waals surface area (Å²) in [6.07, 6.45) is 7.10. The Labute approximate surface area is 94.0 Å². The molecule has 1 atom stereocenters. The van der Waals surface area contributed by atoms with E-state index in [1.165, 1.54) is 25.7 Å². The standard InChI is InChI=1S/C10H18BrN3/c1-3-4-5-6-7-14-8-10(9(2)11)12-13-14/h8-9H,3-7H2,1-2H3. The van der Waals surface area contributed by atoms with Crippen molar-refractivity contribution in [2.24, 2.45) is 0 Å². The Hall–Kier alpha value is -0.380. The Balaban J connectivity index is 2.29. The van der Waals surface area contributed by atoms with E-state index in [0.717, 1.165) is 12.2 Å². The first-order chi connectivity index (χ1) is 6.74. The molecule has 0 saturated carbocycles. The van der Waals surface area contributed by atoms with E-state index in [1.807, 2.05) is 10.9 Å². The highest BCUT2D eigenvalue weighted by Crippen LogP contribution is 2.18. The summed E-state index contributed by atoms with van der Waals surface area (Å²) in [5.74, 6) is 0. The van der Waals surface area contributed by atoms with Crippen LogP contribution in [-0.4, -0.2) is 15.0 Å². The number of aromatic nitrogens is 3. The smallest absolute Gasteiger partial charge is 0.0960 e. The van der Waals surface area contributed by atoms with Gasteiger partial charge >= 0.3 is 0 Å². The predicted molar refractivity (Wildman–Crippen MR) is 61.5 cm³/mol. The zero-order valence-electron chi connectivity index (χ0n) is 8.91. The first kappa shape index (κ1) is 11.7. The molecule has 1 aromatic heterocycles. The average Bonchev–Trinajstić information content (AvgIpc) is 2.61. The maximum Gasteiger partial charge on any atom is 0.0960 e. The highest BCUT2D eigenvalue weighted by molar-refractivity contribution is 9.09. The molecule has 3 nitrogen and oxygen atoms in total. The van der Waals surface area contributed by atoms with Gasteiger partial charge in [-0.3, -0.25) is 4.68 Å². The summed E-state index contributed by atoms with van der Waals surface area (Å²) in [4.78, 5) is 0.298. The molecule has 1 unspecified atom stereocenters. The van der Waals surface area contributed by atoms with Crippen molar-refractivity contribution in [2.45, 2.75) is 50.9 Å². The first-order valence-electron chi connectivity index (χ1n) is 5.28. The van der Waals surface area contributed by atoms with Gasteiger partial charge in [0.1, 0.15) is 0 Å². The second-order valence-electron chi connectivity index (χ2n) is 3.58. The Kier molecular flexibility index (Phi) is 5.15. The van der Waals surface area contributed by atoms with E-state index in [0.29, 0.717) is 4.83 Å². The highest BCUT2D eigenvalue weighted by atomic mass is 79.9. The average molecular weight is 260 g/mol. The third-order valence-corrected chi connectivity index (χ3v) is 2.67. The largest absolute Gasteiger partial charge is 0.252 e. The quantitative estimate of drug-likeness (QED) is 0.580. The van der Waals surface area contributed by atoms with Crippen LogP contribution in [0.5, 0.6) is 0 Å². The number of unbranched alkanes of at least 4 members (excludes halogenated alkanes) is 3. The topological polar surface area (TPSA) is 30.7 Å². The zero-order valence-corrected chi connectivity index (χ0v) is 10.5. The molecule has 0 fully saturated rings. The predicted octanol–water partition coefficient (Wildman–Crippen LogP) is 3.31. The zero-order chi connectivity index (χ0) is 10.4. The molecule has 4 heteroatoms. The summed E-state index contributed by atoms with van der Waals surface area (Å²) in [5.41, 5.74) is 1.01. The molecule has 0 radical (unpaired) electrons. The van der Waals surface area contributed by atoms with Gasteiger partial charge in [0.2, 0.25) is 0 Å². The summed E-state index contributed by atoms with van der Waals surface area (Å²) in [5, 5.41) is 8.15. The van der Waals surface area contributed by atoms with E-state index in [4.69, 9.17) is 0 Å². The number of rotatable bonds is 6. The minimum atomic E-state index is 0.298. The molecular weight excluding hydrogens is 242 g/mol. The lowest BCUT2D eigenvalue weighted by molar-refractivity contribution is 0.527. The van der Waals surface area contributed by atoms with Gasteiger partial charge in [-0.2, -0.15) is 0 Å². The van der Waals surface area contributed by atoms with Crippen molar-refractivity contribution < 1.29 is 0 Å². The van der Waals surface area contributed by atoms with Crippen molar-refractivity contribution in [3.05, 3.63) is 11.9 Å². The van der Waals surface area contributed by atoms with E-state index >= 15 is 0 Å². The molecule has 0 aliphatic heterocycles. The maximum atomic E-state index is 4.08. The van der Waals surface area contributed by atoms with Gasteiger partial charge in [-0.1, -0.05) is 47.3 Å². The molecule has 1 heterocycles. The minimum absolute atomic E-state index is 0.298. The lowest BCUT2D eigenvalue weighted by atomic mass is 10.2. The van der Waals surface area contributed by atoms with Crippen molar-refractivity contribution in [1.82, 2.24) is 15.0 Å². The molecule has 0 aromatic carbocycles. The number of hydrogen-bond donors (Lipinski definition) is 0. The second kappa shape index (κ2) is 6.17. The normalized spacial score (nSPS) is 13.1. The molecule has 1 aromatic rings. The molecule has 0 spiro atoms. The van der Waals surface area contributed by atoms with Gasteiger partial charge < -0.3 is 0 Å². The van der Waals surface area contributed by atoms with Crippen LogP contribution in [0.15, 0.2) is 6.20 Å². The molecule has 80 valence electrons. The number of halogens is 1. The summed E-state index contributed by atoms with van der Waals surface area (Å²) in [6, 6.07) is 0. The fourth-order valence-corrected chi connectivity index (χ4v) is 1.52. The van der Waals surface area contributed by atoms with Crippen LogP contribution in [0.4, 0.5) is 0 Å². The van der Waals surface area contributed by atoms with E-state index in [2.05, 4.69) is 40.1 Å². The van der Waals surface area contributed by atoms with Crippen molar-refractivity contribution >= 4 is 15.9 Å². The summed E-state index contributed by atoms with van der Waals surface area (Å²) >= 11 is 3.47. The maximum absolute atomic E-state index is 4.08. The summed E-state index contributed by atoms with van der Waals surface area (Å²) in [7, 11) is 0. The molecule has 1 rings (SSSR count). The Morgan fingerprint density at radius 1 is 1.43 bits per heavy atom. The van der Waals surface area contributed by atoms with Crippen LogP contribution >= 0.6 is 15.9 Å². The number of aryl methyl sites for hydroxylation is 1. The second-order valence-corrected chi connectivity index (χ2v) is 4.96. The fraction of sp³-hybridized carbons (Fsp3) is 0.800. The molecule has 14 heavy (non-hydrogen) atoms. The molecule has 0 saturated heterocycles. The molecular formula is C10H18BrN3. The highest BCUT2D eigenvalue weighted by Gasteiger charge is 2.05. The van der Waals surface area contributed by atoms with E-state index in [1.54, 1.807) is 0 Å². The Morgan fingerprint density at radius 3 is 2.79 bits per heavy atom. The van der Waals surface area contributed by atoms with E-state index in [-0.39, 0.29) is 0 Å². The summed E-state index contributed by atoms with van der Waals surface area (Å²) in [6.45, 7) is 5.28. The lowest BCUT2D eigenvalue weighted by Gasteiger charge is -1.99. The summed E-state index contributed by atoms with van der Waals surface area (Å²) < 4.78 is 1.93. The van der Waals surface area contributed by atoms with Crippen molar-refractivity contribution in [3.8, 4) is 0 Å². The molecule has 0 aliphatic carbocycles. The first-order valence-corrected chi connectivity index (χ1v) is 6.19. The monoisotopic (exact) mass is 259 g/mol. The minimum Gasteiger partial charge on any atom is -0.252 e. The van der Waals surface area contributed by atoms with Crippen LogP contribution in [-0.2, 0) is 6.54 Å². The van der Waals surface area contributed by atoms with Crippen LogP contribution in [0.3, 0.4) is 0 Å². The number of hydrogen-bond acceptors (Lipinski definition) is 2. The Bertz CT molecular complexity index is 258. The van der Waals surface area contributed by atoms with Gasteiger partial charge in [-0.05, 0) is 13.3 Å². The number of nitrogens with zero attached hydrogens (tertiary/aromatic N) is 3. The van der Waals surface area contributed by atoms with Crippen LogP contribution in [0.25, 0.3) is 0 Å². The van der Waals surface area contributed by atoms with Crippen molar-refractivity contribution in [2.75, 3.05) is 0 Å². The van der Waals surface area contributed by atoms with Crippen LogP contribution in [0.1, 0.15) is 50.1 Å². The van der Waals surface area contributed by atoms with Crippen LogP contribution in [0, 0.1) is 0 Å². The molecule has 0 N–H and O–H groups in total. The van der Waals surface area contributed by atoms with Gasteiger partial charge in [-0.25, -0.2) is 0 Å². The van der Waals surface area contributed by atoms with Crippen LogP contribution in [0.2, 0.25) is 0 Å². The number of alkyl halides is 1. The third kappa shape index (κ3) is 3.78. The SMILES string of the molecule is CCCCCCn1cc(C(C)Br)nn1.